The molecule has 5 heteroatoms. The Bertz CT molecular complexity index is 949. The lowest BCUT2D eigenvalue weighted by Gasteiger charge is -2.36. The van der Waals surface area contributed by atoms with Gasteiger partial charge in [-0.05, 0) is 61.0 Å². The van der Waals surface area contributed by atoms with Crippen LogP contribution in [0.15, 0.2) is 78.9 Å². The standard InChI is InChI=1S/C24H25N3O2/c1-19-6-5-7-20(18-19)25-24(28)27-16-14-26(15-17-27)21-10-12-23(13-11-21)29-22-8-3-2-4-9-22/h2-13,18H,14-17H2,1H3,(H,25,28). The summed E-state index contributed by atoms with van der Waals surface area (Å²) in [5.74, 6) is 1.64. The Kier molecular flexibility index (Phi) is 5.66. The van der Waals surface area contributed by atoms with E-state index in [2.05, 4.69) is 22.3 Å². The summed E-state index contributed by atoms with van der Waals surface area (Å²) >= 11 is 0. The van der Waals surface area contributed by atoms with Crippen LogP contribution >= 0.6 is 0 Å². The first kappa shape index (κ1) is 18.9. The first-order valence-electron chi connectivity index (χ1n) is 9.88. The summed E-state index contributed by atoms with van der Waals surface area (Å²) in [6.07, 6.45) is 0. The van der Waals surface area contributed by atoms with Crippen LogP contribution in [0.5, 0.6) is 11.5 Å². The maximum absolute atomic E-state index is 12.5. The molecule has 0 aliphatic carbocycles. The van der Waals surface area contributed by atoms with E-state index in [9.17, 15) is 4.79 Å². The first-order chi connectivity index (χ1) is 14.2. The maximum atomic E-state index is 12.5. The monoisotopic (exact) mass is 387 g/mol. The molecule has 1 N–H and O–H groups in total. The third-order valence-electron chi connectivity index (χ3n) is 5.02. The van der Waals surface area contributed by atoms with Crippen molar-refractivity contribution in [2.75, 3.05) is 36.4 Å². The zero-order valence-corrected chi connectivity index (χ0v) is 16.5. The van der Waals surface area contributed by atoms with Crippen molar-refractivity contribution in [3.63, 3.8) is 0 Å². The molecule has 29 heavy (non-hydrogen) atoms. The summed E-state index contributed by atoms with van der Waals surface area (Å²) in [5.41, 5.74) is 3.11. The van der Waals surface area contributed by atoms with Crippen LogP contribution in [0, 0.1) is 6.92 Å². The molecule has 0 bridgehead atoms. The normalized spacial score (nSPS) is 13.8. The minimum Gasteiger partial charge on any atom is -0.457 e. The Morgan fingerprint density at radius 2 is 1.52 bits per heavy atom. The van der Waals surface area contributed by atoms with Crippen molar-refractivity contribution in [1.82, 2.24) is 4.90 Å². The highest BCUT2D eigenvalue weighted by Gasteiger charge is 2.21. The van der Waals surface area contributed by atoms with Crippen molar-refractivity contribution in [3.8, 4) is 11.5 Å². The number of nitrogens with zero attached hydrogens (tertiary/aromatic N) is 2. The summed E-state index contributed by atoms with van der Waals surface area (Å²) in [7, 11) is 0. The number of carbonyl (C=O) groups is 1. The van der Waals surface area contributed by atoms with Crippen LogP contribution in [-0.4, -0.2) is 37.1 Å². The van der Waals surface area contributed by atoms with Gasteiger partial charge in [-0.2, -0.15) is 0 Å². The number of amides is 2. The summed E-state index contributed by atoms with van der Waals surface area (Å²) in [6.45, 7) is 5.02. The van der Waals surface area contributed by atoms with Gasteiger partial charge in [-0.25, -0.2) is 4.79 Å². The summed E-state index contributed by atoms with van der Waals surface area (Å²) in [5, 5.41) is 2.99. The molecule has 3 aromatic rings. The number of hydrogen-bond acceptors (Lipinski definition) is 3. The molecule has 2 amide bonds. The molecule has 148 valence electrons. The molecule has 0 aromatic heterocycles. The number of piperazine rings is 1. The molecule has 0 atom stereocenters. The number of rotatable bonds is 4. The van der Waals surface area contributed by atoms with Crippen LogP contribution in [0.2, 0.25) is 0 Å². The van der Waals surface area contributed by atoms with Crippen LogP contribution in [0.1, 0.15) is 5.56 Å². The molecule has 5 nitrogen and oxygen atoms in total. The maximum Gasteiger partial charge on any atom is 0.321 e. The van der Waals surface area contributed by atoms with E-state index in [1.807, 2.05) is 78.6 Å². The van der Waals surface area contributed by atoms with Crippen molar-refractivity contribution in [2.24, 2.45) is 0 Å². The topological polar surface area (TPSA) is 44.8 Å². The fourth-order valence-electron chi connectivity index (χ4n) is 3.44. The van der Waals surface area contributed by atoms with Gasteiger partial charge in [-0.15, -0.1) is 0 Å². The minimum atomic E-state index is -0.0399. The van der Waals surface area contributed by atoms with Gasteiger partial charge in [-0.3, -0.25) is 0 Å². The lowest BCUT2D eigenvalue weighted by molar-refractivity contribution is 0.208. The zero-order chi connectivity index (χ0) is 20.1. The number of para-hydroxylation sites is 1. The third-order valence-corrected chi connectivity index (χ3v) is 5.02. The molecule has 0 radical (unpaired) electrons. The average Bonchev–Trinajstić information content (AvgIpc) is 2.75. The predicted octanol–water partition coefficient (Wildman–Crippen LogP) is 5.14. The number of urea groups is 1. The number of hydrogen-bond donors (Lipinski definition) is 1. The van der Waals surface area contributed by atoms with Crippen molar-refractivity contribution in [3.05, 3.63) is 84.4 Å². The zero-order valence-electron chi connectivity index (χ0n) is 16.5. The second-order valence-electron chi connectivity index (χ2n) is 7.18. The number of nitrogens with one attached hydrogen (secondary N) is 1. The Morgan fingerprint density at radius 1 is 0.828 bits per heavy atom. The molecule has 3 aromatic carbocycles. The average molecular weight is 387 g/mol. The Balaban J connectivity index is 1.30. The van der Waals surface area contributed by atoms with E-state index in [1.54, 1.807) is 0 Å². The van der Waals surface area contributed by atoms with Gasteiger partial charge in [0.15, 0.2) is 0 Å². The van der Waals surface area contributed by atoms with Gasteiger partial charge < -0.3 is 19.9 Å². The van der Waals surface area contributed by atoms with Crippen LogP contribution in [0.25, 0.3) is 0 Å². The quantitative estimate of drug-likeness (QED) is 0.674. The lowest BCUT2D eigenvalue weighted by Crippen LogP contribution is -2.50. The van der Waals surface area contributed by atoms with Crippen LogP contribution in [-0.2, 0) is 0 Å². The van der Waals surface area contributed by atoms with Crippen molar-refractivity contribution in [2.45, 2.75) is 6.92 Å². The number of aryl methyl sites for hydroxylation is 1. The Labute approximate surface area is 171 Å². The van der Waals surface area contributed by atoms with Crippen LogP contribution < -0.4 is 15.0 Å². The van der Waals surface area contributed by atoms with Crippen LogP contribution in [0.3, 0.4) is 0 Å². The Hall–Kier alpha value is -3.47. The van der Waals surface area contributed by atoms with E-state index in [-0.39, 0.29) is 6.03 Å². The second kappa shape index (κ2) is 8.69. The lowest BCUT2D eigenvalue weighted by atomic mass is 10.2. The van der Waals surface area contributed by atoms with Gasteiger partial charge in [0.1, 0.15) is 11.5 Å². The van der Waals surface area contributed by atoms with Gasteiger partial charge in [-0.1, -0.05) is 30.3 Å². The minimum absolute atomic E-state index is 0.0399. The van der Waals surface area contributed by atoms with Crippen molar-refractivity contribution in [1.29, 1.82) is 0 Å². The van der Waals surface area contributed by atoms with Gasteiger partial charge in [0, 0.05) is 37.6 Å². The molecule has 1 heterocycles. The fraction of sp³-hybridized carbons (Fsp3) is 0.208. The van der Waals surface area contributed by atoms with E-state index < -0.39 is 0 Å². The number of anilines is 2. The van der Waals surface area contributed by atoms with Crippen molar-refractivity contribution >= 4 is 17.4 Å². The SMILES string of the molecule is Cc1cccc(NC(=O)N2CCN(c3ccc(Oc4ccccc4)cc3)CC2)c1. The van der Waals surface area contributed by atoms with E-state index in [0.717, 1.165) is 41.5 Å². The van der Waals surface area contributed by atoms with Crippen LogP contribution in [0.4, 0.5) is 16.2 Å². The van der Waals surface area contributed by atoms with E-state index in [1.165, 1.54) is 0 Å². The van der Waals surface area contributed by atoms with Gasteiger partial charge in [0.05, 0.1) is 0 Å². The number of ether oxygens (including phenoxy) is 1. The highest BCUT2D eigenvalue weighted by molar-refractivity contribution is 5.89. The molecule has 1 aliphatic rings. The number of benzene rings is 3. The van der Waals surface area contributed by atoms with Crippen molar-refractivity contribution < 1.29 is 9.53 Å². The molecular formula is C24H25N3O2. The second-order valence-corrected chi connectivity index (χ2v) is 7.18. The molecule has 4 rings (SSSR count). The molecule has 0 saturated carbocycles. The highest BCUT2D eigenvalue weighted by Crippen LogP contribution is 2.25. The fourth-order valence-corrected chi connectivity index (χ4v) is 3.44. The molecule has 1 saturated heterocycles. The van der Waals surface area contributed by atoms with E-state index >= 15 is 0 Å². The van der Waals surface area contributed by atoms with E-state index in [0.29, 0.717) is 13.1 Å². The predicted molar refractivity (Wildman–Crippen MR) is 117 cm³/mol. The Morgan fingerprint density at radius 3 is 2.21 bits per heavy atom. The molecule has 0 spiro atoms. The summed E-state index contributed by atoms with van der Waals surface area (Å²) in [6, 6.07) is 25.7. The number of carbonyl (C=O) groups excluding carboxylic acids is 1. The first-order valence-corrected chi connectivity index (χ1v) is 9.88. The van der Waals surface area contributed by atoms with Gasteiger partial charge >= 0.3 is 6.03 Å². The molecule has 1 aliphatic heterocycles. The van der Waals surface area contributed by atoms with Gasteiger partial charge in [0.25, 0.3) is 0 Å². The molecular weight excluding hydrogens is 362 g/mol. The summed E-state index contributed by atoms with van der Waals surface area (Å²) in [4.78, 5) is 16.7. The third kappa shape index (κ3) is 4.88. The summed E-state index contributed by atoms with van der Waals surface area (Å²) < 4.78 is 5.85. The molecule has 0 unspecified atom stereocenters. The van der Waals surface area contributed by atoms with E-state index in [4.69, 9.17) is 4.74 Å². The van der Waals surface area contributed by atoms with Gasteiger partial charge in [0.2, 0.25) is 0 Å². The largest absolute Gasteiger partial charge is 0.457 e. The smallest absolute Gasteiger partial charge is 0.321 e. The highest BCUT2D eigenvalue weighted by atomic mass is 16.5. The molecule has 1 fully saturated rings.